The van der Waals surface area contributed by atoms with E-state index in [9.17, 15) is 14.7 Å². The first-order valence-electron chi connectivity index (χ1n) is 10.1. The van der Waals surface area contributed by atoms with E-state index in [4.69, 9.17) is 4.74 Å². The number of rotatable bonds is 7. The molecule has 0 aliphatic heterocycles. The van der Waals surface area contributed by atoms with Gasteiger partial charge in [0.2, 0.25) is 0 Å². The molecule has 0 saturated carbocycles. The van der Waals surface area contributed by atoms with Crippen molar-refractivity contribution >= 4 is 34.7 Å². The lowest BCUT2D eigenvalue weighted by Gasteiger charge is -2.17. The molecule has 0 unspecified atom stereocenters. The Labute approximate surface area is 194 Å². The van der Waals surface area contributed by atoms with Gasteiger partial charge in [-0.05, 0) is 75.4 Å². The Bertz CT molecular complexity index is 1070. The summed E-state index contributed by atoms with van der Waals surface area (Å²) >= 11 is 2.22. The van der Waals surface area contributed by atoms with E-state index in [2.05, 4.69) is 40.0 Å². The zero-order valence-corrected chi connectivity index (χ0v) is 18.9. The smallest absolute Gasteiger partial charge is 0.407 e. The number of hydrogen-bond donors (Lipinski definition) is 2. The molecule has 31 heavy (non-hydrogen) atoms. The molecular weight excluding hydrogens is 505 g/mol. The number of amides is 1. The van der Waals surface area contributed by atoms with E-state index in [1.807, 2.05) is 60.7 Å². The maximum absolute atomic E-state index is 12.4. The minimum absolute atomic E-state index is 0.0622. The molecule has 5 nitrogen and oxygen atoms in total. The van der Waals surface area contributed by atoms with Crippen molar-refractivity contribution in [2.24, 2.45) is 0 Å². The zero-order valence-electron chi connectivity index (χ0n) is 16.8. The molecule has 0 bridgehead atoms. The third kappa shape index (κ3) is 4.90. The number of alkyl carbamates (subject to hydrolysis) is 1. The lowest BCUT2D eigenvalue weighted by atomic mass is 9.98. The first-order chi connectivity index (χ1) is 15.0. The van der Waals surface area contributed by atoms with Crippen molar-refractivity contribution in [1.82, 2.24) is 5.32 Å². The van der Waals surface area contributed by atoms with Gasteiger partial charge in [-0.1, -0.05) is 60.7 Å². The van der Waals surface area contributed by atoms with Gasteiger partial charge in [0, 0.05) is 9.49 Å². The van der Waals surface area contributed by atoms with Crippen molar-refractivity contribution in [1.29, 1.82) is 0 Å². The van der Waals surface area contributed by atoms with Gasteiger partial charge in [-0.3, -0.25) is 0 Å². The molecule has 0 spiro atoms. The fourth-order valence-corrected chi connectivity index (χ4v) is 4.65. The largest absolute Gasteiger partial charge is 0.480 e. The lowest BCUT2D eigenvalue weighted by molar-refractivity contribution is -0.139. The molecule has 0 saturated heterocycles. The molecule has 6 heteroatoms. The van der Waals surface area contributed by atoms with Gasteiger partial charge >= 0.3 is 12.1 Å². The van der Waals surface area contributed by atoms with Gasteiger partial charge in [-0.25, -0.2) is 9.59 Å². The van der Waals surface area contributed by atoms with Gasteiger partial charge < -0.3 is 15.2 Å². The fraction of sp³-hybridized carbons (Fsp3) is 0.200. The van der Waals surface area contributed by atoms with Gasteiger partial charge in [0.25, 0.3) is 0 Å². The second-order valence-corrected chi connectivity index (χ2v) is 8.77. The third-order valence-electron chi connectivity index (χ3n) is 5.54. The lowest BCUT2D eigenvalue weighted by Crippen LogP contribution is -2.41. The Morgan fingerprint density at radius 1 is 0.968 bits per heavy atom. The number of fused-ring (bicyclic) bond motifs is 3. The Morgan fingerprint density at radius 3 is 2.23 bits per heavy atom. The highest BCUT2D eigenvalue weighted by molar-refractivity contribution is 14.1. The Morgan fingerprint density at radius 2 is 1.61 bits per heavy atom. The standard InChI is InChI=1S/C25H22INO4/c26-17-7-5-6-16(14-17)12-13-23(24(28)29)27-25(30)31-15-22-20-10-3-1-8-18(20)19-9-2-4-11-21(19)22/h1-11,14,22-23H,12-13,15H2,(H,27,30)(H,28,29)/t23-/m1/s1. The first kappa shape index (κ1) is 21.4. The molecule has 1 aliphatic rings. The maximum Gasteiger partial charge on any atom is 0.407 e. The molecule has 1 aliphatic carbocycles. The molecule has 2 N–H and O–H groups in total. The van der Waals surface area contributed by atoms with Crippen molar-refractivity contribution in [3.05, 3.63) is 93.1 Å². The van der Waals surface area contributed by atoms with Crippen molar-refractivity contribution in [2.75, 3.05) is 6.61 Å². The number of ether oxygens (including phenoxy) is 1. The first-order valence-corrected chi connectivity index (χ1v) is 11.2. The van der Waals surface area contributed by atoms with Crippen LogP contribution in [0.4, 0.5) is 4.79 Å². The van der Waals surface area contributed by atoms with Crippen LogP contribution in [0.2, 0.25) is 0 Å². The summed E-state index contributed by atoms with van der Waals surface area (Å²) in [4.78, 5) is 24.0. The van der Waals surface area contributed by atoms with Gasteiger partial charge in [0.05, 0.1) is 0 Å². The second kappa shape index (κ2) is 9.51. The summed E-state index contributed by atoms with van der Waals surface area (Å²) in [5, 5.41) is 12.0. The molecule has 0 aromatic heterocycles. The maximum atomic E-state index is 12.4. The molecule has 3 aromatic carbocycles. The normalized spacial score (nSPS) is 13.2. The molecule has 158 valence electrons. The Kier molecular flexibility index (Phi) is 6.56. The highest BCUT2D eigenvalue weighted by Crippen LogP contribution is 2.44. The van der Waals surface area contributed by atoms with Gasteiger partial charge in [-0.2, -0.15) is 0 Å². The predicted octanol–water partition coefficient (Wildman–Crippen LogP) is 5.22. The number of carboxylic acids is 1. The summed E-state index contributed by atoms with van der Waals surface area (Å²) < 4.78 is 6.57. The summed E-state index contributed by atoms with van der Waals surface area (Å²) in [6, 6.07) is 23.0. The minimum Gasteiger partial charge on any atom is -0.480 e. The molecule has 1 atom stereocenters. The number of aliphatic carboxylic acids is 1. The van der Waals surface area contributed by atoms with Crippen molar-refractivity contribution in [3.8, 4) is 11.1 Å². The quantitative estimate of drug-likeness (QED) is 0.414. The SMILES string of the molecule is O=C(N[C@H](CCc1cccc(I)c1)C(=O)O)OCC1c2ccccc2-c2ccccc21. The summed E-state index contributed by atoms with van der Waals surface area (Å²) in [5.74, 6) is -1.13. The number of nitrogens with one attached hydrogen (secondary N) is 1. The van der Waals surface area contributed by atoms with Crippen LogP contribution in [-0.2, 0) is 16.0 Å². The summed E-state index contributed by atoms with van der Waals surface area (Å²) in [6.45, 7) is 0.156. The zero-order chi connectivity index (χ0) is 21.8. The molecular formula is C25H22INO4. The number of carboxylic acid groups (broad SMARTS) is 1. The topological polar surface area (TPSA) is 75.6 Å². The van der Waals surface area contributed by atoms with Crippen molar-refractivity contribution in [3.63, 3.8) is 0 Å². The average Bonchev–Trinajstić information content (AvgIpc) is 3.09. The van der Waals surface area contributed by atoms with Gasteiger partial charge in [-0.15, -0.1) is 0 Å². The number of hydrogen-bond acceptors (Lipinski definition) is 3. The van der Waals surface area contributed by atoms with E-state index in [1.165, 1.54) is 0 Å². The van der Waals surface area contributed by atoms with E-state index in [1.54, 1.807) is 0 Å². The average molecular weight is 527 g/mol. The molecule has 0 fully saturated rings. The van der Waals surface area contributed by atoms with Crippen LogP contribution in [0.1, 0.15) is 29.0 Å². The summed E-state index contributed by atoms with van der Waals surface area (Å²) in [6.07, 6.45) is 0.133. The predicted molar refractivity (Wildman–Crippen MR) is 127 cm³/mol. The van der Waals surface area contributed by atoms with E-state index in [0.717, 1.165) is 31.4 Å². The van der Waals surface area contributed by atoms with Crippen LogP contribution in [0.25, 0.3) is 11.1 Å². The number of benzene rings is 3. The van der Waals surface area contributed by atoms with Crippen molar-refractivity contribution < 1.29 is 19.4 Å². The number of halogens is 1. The minimum atomic E-state index is -1.07. The van der Waals surface area contributed by atoms with Crippen LogP contribution >= 0.6 is 22.6 Å². The van der Waals surface area contributed by atoms with Crippen molar-refractivity contribution in [2.45, 2.75) is 24.8 Å². The summed E-state index contributed by atoms with van der Waals surface area (Å²) in [5.41, 5.74) is 5.56. The monoisotopic (exact) mass is 527 g/mol. The van der Waals surface area contributed by atoms with E-state index < -0.39 is 18.1 Å². The second-order valence-electron chi connectivity index (χ2n) is 7.53. The van der Waals surface area contributed by atoms with Crippen LogP contribution in [-0.4, -0.2) is 29.8 Å². The van der Waals surface area contributed by atoms with E-state index in [-0.39, 0.29) is 12.5 Å². The highest BCUT2D eigenvalue weighted by atomic mass is 127. The van der Waals surface area contributed by atoms with Crippen LogP contribution in [0, 0.1) is 3.57 Å². The van der Waals surface area contributed by atoms with Gasteiger partial charge in [0.15, 0.2) is 0 Å². The Hall–Kier alpha value is -2.87. The molecule has 0 heterocycles. The van der Waals surface area contributed by atoms with Crippen LogP contribution in [0.5, 0.6) is 0 Å². The number of carbonyl (C=O) groups excluding carboxylic acids is 1. The number of aryl methyl sites for hydroxylation is 1. The summed E-state index contributed by atoms with van der Waals surface area (Å²) in [7, 11) is 0. The molecule has 0 radical (unpaired) electrons. The van der Waals surface area contributed by atoms with E-state index >= 15 is 0 Å². The molecule has 1 amide bonds. The third-order valence-corrected chi connectivity index (χ3v) is 6.22. The van der Waals surface area contributed by atoms with E-state index in [0.29, 0.717) is 12.8 Å². The fourth-order valence-electron chi connectivity index (χ4n) is 4.04. The number of carbonyl (C=O) groups is 2. The molecule has 3 aromatic rings. The van der Waals surface area contributed by atoms with Crippen LogP contribution in [0.3, 0.4) is 0 Å². The van der Waals surface area contributed by atoms with Gasteiger partial charge in [0.1, 0.15) is 12.6 Å². The molecule has 4 rings (SSSR count). The highest BCUT2D eigenvalue weighted by Gasteiger charge is 2.29. The Balaban J connectivity index is 1.38. The van der Waals surface area contributed by atoms with Crippen LogP contribution in [0.15, 0.2) is 72.8 Å². The van der Waals surface area contributed by atoms with Crippen LogP contribution < -0.4 is 5.32 Å².